The average Bonchev–Trinajstić information content (AvgIpc) is 3.32. The number of guanidine groups is 1. The molecule has 1 aliphatic rings. The molecule has 1 fully saturated rings. The lowest BCUT2D eigenvalue weighted by atomic mass is 9.99. The highest BCUT2D eigenvalue weighted by atomic mass is 127. The fraction of sp³-hybridized carbons (Fsp3) is 0.611. The van der Waals surface area contributed by atoms with E-state index < -0.39 is 0 Å². The van der Waals surface area contributed by atoms with Gasteiger partial charge in [0.25, 0.3) is 0 Å². The molecule has 0 amide bonds. The lowest BCUT2D eigenvalue weighted by Gasteiger charge is -2.22. The Morgan fingerprint density at radius 1 is 1.30 bits per heavy atom. The summed E-state index contributed by atoms with van der Waals surface area (Å²) in [5.74, 6) is 1.89. The Kier molecular flexibility index (Phi) is 8.33. The summed E-state index contributed by atoms with van der Waals surface area (Å²) in [6.45, 7) is 5.22. The zero-order chi connectivity index (χ0) is 16.1. The van der Waals surface area contributed by atoms with Gasteiger partial charge in [-0.1, -0.05) is 26.0 Å². The standard InChI is InChI=1S/C18H30N4.HI/c1-5-13(2)14-8-10-16(11-9-14)21-18(19)20-12-17(22(3)4)15-6-7-15;/h8-11,13,15,17H,5-7,12H2,1-4H3,(H3,19,20,21);1H. The first-order valence-electron chi connectivity index (χ1n) is 8.34. The maximum Gasteiger partial charge on any atom is 0.193 e. The van der Waals surface area contributed by atoms with Crippen molar-refractivity contribution < 1.29 is 0 Å². The highest BCUT2D eigenvalue weighted by molar-refractivity contribution is 14.0. The number of nitrogens with one attached hydrogen (secondary N) is 1. The Hall–Kier alpha value is -0.820. The van der Waals surface area contributed by atoms with Crippen LogP contribution in [0, 0.1) is 5.92 Å². The zero-order valence-corrected chi connectivity index (χ0v) is 17.1. The van der Waals surface area contributed by atoms with E-state index >= 15 is 0 Å². The van der Waals surface area contributed by atoms with Crippen LogP contribution >= 0.6 is 24.0 Å². The molecule has 0 aliphatic heterocycles. The Labute approximate surface area is 157 Å². The maximum atomic E-state index is 6.02. The Morgan fingerprint density at radius 2 is 1.91 bits per heavy atom. The van der Waals surface area contributed by atoms with E-state index in [1.54, 1.807) is 0 Å². The Balaban J connectivity index is 0.00000264. The molecule has 0 radical (unpaired) electrons. The van der Waals surface area contributed by atoms with Gasteiger partial charge < -0.3 is 16.0 Å². The van der Waals surface area contributed by atoms with Gasteiger partial charge in [0.15, 0.2) is 5.96 Å². The van der Waals surface area contributed by atoms with Crippen molar-refractivity contribution in [1.82, 2.24) is 4.90 Å². The number of hydrogen-bond acceptors (Lipinski definition) is 2. The van der Waals surface area contributed by atoms with Crippen LogP contribution in [0.2, 0.25) is 0 Å². The molecule has 1 aliphatic carbocycles. The first-order valence-corrected chi connectivity index (χ1v) is 8.34. The van der Waals surface area contributed by atoms with E-state index in [-0.39, 0.29) is 24.0 Å². The smallest absolute Gasteiger partial charge is 0.193 e. The normalized spacial score (nSPS) is 17.5. The summed E-state index contributed by atoms with van der Waals surface area (Å²) in [5, 5.41) is 3.19. The summed E-state index contributed by atoms with van der Waals surface area (Å²) >= 11 is 0. The van der Waals surface area contributed by atoms with Crippen molar-refractivity contribution in [2.45, 2.75) is 45.1 Å². The molecule has 1 aromatic rings. The monoisotopic (exact) mass is 430 g/mol. The SMILES string of the molecule is CCC(C)c1ccc(NC(N)=NCC(C2CC2)N(C)C)cc1.I. The molecule has 5 heteroatoms. The predicted octanol–water partition coefficient (Wildman–Crippen LogP) is 3.88. The average molecular weight is 430 g/mol. The van der Waals surface area contributed by atoms with Crippen LogP contribution in [-0.2, 0) is 0 Å². The molecule has 0 aromatic heterocycles. The van der Waals surface area contributed by atoms with Crippen LogP contribution in [0.1, 0.15) is 44.6 Å². The second kappa shape index (κ2) is 9.47. The molecule has 1 aromatic carbocycles. The van der Waals surface area contributed by atoms with Crippen LogP contribution in [-0.4, -0.2) is 37.5 Å². The lowest BCUT2D eigenvalue weighted by Crippen LogP contribution is -2.34. The molecule has 2 rings (SSSR count). The summed E-state index contributed by atoms with van der Waals surface area (Å²) < 4.78 is 0. The molecule has 0 spiro atoms. The number of benzene rings is 1. The van der Waals surface area contributed by atoms with Crippen molar-refractivity contribution in [3.05, 3.63) is 29.8 Å². The van der Waals surface area contributed by atoms with Crippen LogP contribution < -0.4 is 11.1 Å². The summed E-state index contributed by atoms with van der Waals surface area (Å²) in [5.41, 5.74) is 8.39. The largest absolute Gasteiger partial charge is 0.370 e. The second-order valence-corrected chi connectivity index (χ2v) is 6.65. The minimum Gasteiger partial charge on any atom is -0.370 e. The van der Waals surface area contributed by atoms with Crippen molar-refractivity contribution in [2.75, 3.05) is 26.0 Å². The minimum absolute atomic E-state index is 0. The number of anilines is 1. The van der Waals surface area contributed by atoms with E-state index in [0.29, 0.717) is 17.9 Å². The van der Waals surface area contributed by atoms with Crippen molar-refractivity contribution in [3.8, 4) is 0 Å². The lowest BCUT2D eigenvalue weighted by molar-refractivity contribution is 0.271. The fourth-order valence-corrected chi connectivity index (χ4v) is 2.72. The predicted molar refractivity (Wildman–Crippen MR) is 111 cm³/mol. The molecular formula is C18H31IN4. The Morgan fingerprint density at radius 3 is 2.39 bits per heavy atom. The highest BCUT2D eigenvalue weighted by Crippen LogP contribution is 2.34. The van der Waals surface area contributed by atoms with Crippen molar-refractivity contribution >= 4 is 35.6 Å². The van der Waals surface area contributed by atoms with Crippen molar-refractivity contribution in [1.29, 1.82) is 0 Å². The van der Waals surface area contributed by atoms with Crippen molar-refractivity contribution in [3.63, 3.8) is 0 Å². The van der Waals surface area contributed by atoms with E-state index in [1.165, 1.54) is 18.4 Å². The number of nitrogens with two attached hydrogens (primary N) is 1. The molecule has 3 N–H and O–H groups in total. The van der Waals surface area contributed by atoms with Crippen LogP contribution in [0.5, 0.6) is 0 Å². The molecule has 1 saturated carbocycles. The molecule has 0 bridgehead atoms. The molecule has 23 heavy (non-hydrogen) atoms. The number of halogens is 1. The highest BCUT2D eigenvalue weighted by Gasteiger charge is 2.32. The molecule has 130 valence electrons. The van der Waals surface area contributed by atoms with Crippen LogP contribution in [0.25, 0.3) is 0 Å². The summed E-state index contributed by atoms with van der Waals surface area (Å²) in [4.78, 5) is 6.78. The molecule has 2 atom stereocenters. The number of nitrogens with zero attached hydrogens (tertiary/aromatic N) is 2. The summed E-state index contributed by atoms with van der Waals surface area (Å²) in [6.07, 6.45) is 3.80. The number of rotatable bonds is 7. The molecule has 0 saturated heterocycles. The van der Waals surface area contributed by atoms with Gasteiger partial charge in [-0.15, -0.1) is 24.0 Å². The Bertz CT molecular complexity index is 492. The van der Waals surface area contributed by atoms with E-state index in [0.717, 1.165) is 24.6 Å². The van der Waals surface area contributed by atoms with E-state index in [9.17, 15) is 0 Å². The number of aliphatic imine (C=N–C) groups is 1. The van der Waals surface area contributed by atoms with Crippen LogP contribution in [0.4, 0.5) is 5.69 Å². The van der Waals surface area contributed by atoms with Gasteiger partial charge in [-0.25, -0.2) is 0 Å². The van der Waals surface area contributed by atoms with Gasteiger partial charge in [-0.3, -0.25) is 4.99 Å². The first-order chi connectivity index (χ1) is 10.5. The van der Waals surface area contributed by atoms with Gasteiger partial charge in [-0.05, 0) is 62.9 Å². The van der Waals surface area contributed by atoms with Gasteiger partial charge in [0.1, 0.15) is 0 Å². The number of hydrogen-bond donors (Lipinski definition) is 2. The van der Waals surface area contributed by atoms with E-state index in [1.807, 2.05) is 0 Å². The van der Waals surface area contributed by atoms with Gasteiger partial charge in [0.2, 0.25) is 0 Å². The van der Waals surface area contributed by atoms with Crippen LogP contribution in [0.15, 0.2) is 29.3 Å². The third-order valence-electron chi connectivity index (χ3n) is 4.64. The topological polar surface area (TPSA) is 53.6 Å². The van der Waals surface area contributed by atoms with Gasteiger partial charge in [0, 0.05) is 11.7 Å². The quantitative estimate of drug-likeness (QED) is 0.392. The van der Waals surface area contributed by atoms with Gasteiger partial charge in [-0.2, -0.15) is 0 Å². The fourth-order valence-electron chi connectivity index (χ4n) is 2.72. The van der Waals surface area contributed by atoms with Crippen LogP contribution in [0.3, 0.4) is 0 Å². The minimum atomic E-state index is 0. The third kappa shape index (κ3) is 6.30. The van der Waals surface area contributed by atoms with Gasteiger partial charge >= 0.3 is 0 Å². The van der Waals surface area contributed by atoms with Gasteiger partial charge in [0.05, 0.1) is 6.54 Å². The molecular weight excluding hydrogens is 399 g/mol. The number of likely N-dealkylation sites (N-methyl/N-ethyl adjacent to an activating group) is 1. The second-order valence-electron chi connectivity index (χ2n) is 6.65. The molecule has 0 heterocycles. The first kappa shape index (κ1) is 20.2. The van der Waals surface area contributed by atoms with E-state index in [4.69, 9.17) is 5.73 Å². The third-order valence-corrected chi connectivity index (χ3v) is 4.64. The van der Waals surface area contributed by atoms with E-state index in [2.05, 4.69) is 67.4 Å². The summed E-state index contributed by atoms with van der Waals surface area (Å²) in [7, 11) is 4.24. The summed E-state index contributed by atoms with van der Waals surface area (Å²) in [6, 6.07) is 8.99. The maximum absolute atomic E-state index is 6.02. The molecule has 4 nitrogen and oxygen atoms in total. The van der Waals surface area contributed by atoms with Crippen molar-refractivity contribution in [2.24, 2.45) is 16.6 Å². The molecule has 2 unspecified atom stereocenters. The zero-order valence-electron chi connectivity index (χ0n) is 14.7.